The topological polar surface area (TPSA) is 82.3 Å². The first-order chi connectivity index (χ1) is 15.7. The van der Waals surface area contributed by atoms with Gasteiger partial charge in [-0.3, -0.25) is 0 Å². The van der Waals surface area contributed by atoms with Crippen molar-refractivity contribution < 1.29 is 19.0 Å². The first-order valence-corrected chi connectivity index (χ1v) is 11.0. The second kappa shape index (κ2) is 10.3. The van der Waals surface area contributed by atoms with Crippen LogP contribution in [0.3, 0.4) is 0 Å². The quantitative estimate of drug-likeness (QED) is 0.272. The fourth-order valence-electron chi connectivity index (χ4n) is 3.06. The van der Waals surface area contributed by atoms with Gasteiger partial charge in [-0.15, -0.1) is 0 Å². The van der Waals surface area contributed by atoms with Gasteiger partial charge in [-0.1, -0.05) is 58.4 Å². The molecule has 2 aromatic heterocycles. The molecule has 0 aliphatic rings. The minimum atomic E-state index is -0.428. The van der Waals surface area contributed by atoms with Crippen molar-refractivity contribution >= 4 is 27.0 Å². The number of aliphatic hydroxyl groups excluding tert-OH is 1. The van der Waals surface area contributed by atoms with E-state index in [2.05, 4.69) is 31.0 Å². The highest BCUT2D eigenvalue weighted by molar-refractivity contribution is 9.09. The van der Waals surface area contributed by atoms with Crippen molar-refractivity contribution in [2.45, 2.75) is 13.2 Å². The maximum atomic E-state index is 13.9. The number of alkyl halides is 1. The van der Waals surface area contributed by atoms with Gasteiger partial charge in [0.1, 0.15) is 42.5 Å². The van der Waals surface area contributed by atoms with E-state index in [0.717, 1.165) is 5.56 Å². The molecule has 0 aliphatic carbocycles. The third-order valence-electron chi connectivity index (χ3n) is 4.54. The molecule has 0 fully saturated rings. The normalized spacial score (nSPS) is 11.3. The number of hydrogen-bond acceptors (Lipinski definition) is 6. The van der Waals surface area contributed by atoms with Crippen LogP contribution in [0, 0.1) is 5.82 Å². The molecule has 9 heteroatoms. The van der Waals surface area contributed by atoms with E-state index in [4.69, 9.17) is 9.47 Å². The molecule has 2 aromatic carbocycles. The monoisotopic (exact) mass is 498 g/mol. The van der Waals surface area contributed by atoms with Crippen LogP contribution in [0.2, 0.25) is 0 Å². The lowest BCUT2D eigenvalue weighted by atomic mass is 10.2. The number of nitrogens with zero attached hydrogens (tertiary/aromatic N) is 4. The van der Waals surface area contributed by atoms with Crippen LogP contribution < -0.4 is 9.47 Å². The van der Waals surface area contributed by atoms with E-state index in [1.165, 1.54) is 16.8 Å². The third kappa shape index (κ3) is 4.95. The summed E-state index contributed by atoms with van der Waals surface area (Å²) in [6.45, 7) is 0.199. The van der Waals surface area contributed by atoms with Gasteiger partial charge in [0.2, 0.25) is 5.88 Å². The van der Waals surface area contributed by atoms with Crippen LogP contribution in [0.25, 0.3) is 16.7 Å². The van der Waals surface area contributed by atoms with Crippen LogP contribution in [0.5, 0.6) is 11.6 Å². The van der Waals surface area contributed by atoms with Gasteiger partial charge >= 0.3 is 0 Å². The fourth-order valence-corrected chi connectivity index (χ4v) is 3.32. The first kappa shape index (κ1) is 21.9. The zero-order valence-electron chi connectivity index (χ0n) is 17.0. The van der Waals surface area contributed by atoms with Crippen LogP contribution in [0.1, 0.15) is 11.4 Å². The van der Waals surface area contributed by atoms with E-state index in [0.29, 0.717) is 40.3 Å². The van der Waals surface area contributed by atoms with E-state index in [1.54, 1.807) is 12.3 Å². The Bertz CT molecular complexity index is 1230. The summed E-state index contributed by atoms with van der Waals surface area (Å²) in [7, 11) is 0. The molecule has 4 aromatic rings. The molecule has 0 unspecified atom stereocenters. The number of rotatable bonds is 9. The van der Waals surface area contributed by atoms with Crippen molar-refractivity contribution in [3.8, 4) is 17.3 Å². The summed E-state index contributed by atoms with van der Waals surface area (Å²) >= 11 is 3.31. The average Bonchev–Trinajstić information content (AvgIpc) is 3.25. The number of aliphatic hydroxyl groups is 1. The number of halogens is 2. The highest BCUT2D eigenvalue weighted by Crippen LogP contribution is 2.30. The molecular formula is C23H20BrFN4O3. The van der Waals surface area contributed by atoms with Crippen LogP contribution in [-0.4, -0.2) is 36.8 Å². The highest BCUT2D eigenvalue weighted by atomic mass is 79.9. The summed E-state index contributed by atoms with van der Waals surface area (Å²) in [5, 5.41) is 15.3. The second-order valence-electron chi connectivity index (χ2n) is 6.72. The van der Waals surface area contributed by atoms with E-state index >= 15 is 0 Å². The largest absolute Gasteiger partial charge is 0.487 e. The lowest BCUT2D eigenvalue weighted by Crippen LogP contribution is -2.06. The zero-order chi connectivity index (χ0) is 22.3. The Morgan fingerprint density at radius 1 is 1.06 bits per heavy atom. The number of benzene rings is 2. The molecular weight excluding hydrogens is 479 g/mol. The van der Waals surface area contributed by atoms with E-state index in [1.807, 2.05) is 42.5 Å². The van der Waals surface area contributed by atoms with Gasteiger partial charge in [0.15, 0.2) is 11.5 Å². The number of allylic oxidation sites excluding steroid dienone is 1. The average molecular weight is 499 g/mol. The SMILES string of the molecule is OCc1nc(OCc2ccccc2)c2cnn(-c3ccc(F)cc3OC/C=C/CBr)c2n1. The van der Waals surface area contributed by atoms with Crippen molar-refractivity contribution in [1.29, 1.82) is 0 Å². The minimum absolute atomic E-state index is 0.187. The van der Waals surface area contributed by atoms with Gasteiger partial charge in [0.05, 0.1) is 6.20 Å². The number of hydrogen-bond donors (Lipinski definition) is 1. The summed E-state index contributed by atoms with van der Waals surface area (Å²) in [5.41, 5.74) is 1.90. The molecule has 0 bridgehead atoms. The maximum absolute atomic E-state index is 13.9. The predicted molar refractivity (Wildman–Crippen MR) is 122 cm³/mol. The van der Waals surface area contributed by atoms with Crippen LogP contribution in [-0.2, 0) is 13.2 Å². The van der Waals surface area contributed by atoms with Gasteiger partial charge in [-0.2, -0.15) is 10.1 Å². The van der Waals surface area contributed by atoms with Gasteiger partial charge < -0.3 is 14.6 Å². The molecule has 0 aliphatic heterocycles. The van der Waals surface area contributed by atoms with Gasteiger partial charge in [-0.25, -0.2) is 14.1 Å². The Morgan fingerprint density at radius 2 is 1.91 bits per heavy atom. The molecule has 1 N–H and O–H groups in total. The lowest BCUT2D eigenvalue weighted by Gasteiger charge is -2.12. The maximum Gasteiger partial charge on any atom is 0.228 e. The summed E-state index contributed by atoms with van der Waals surface area (Å²) in [4.78, 5) is 8.72. The van der Waals surface area contributed by atoms with E-state index in [-0.39, 0.29) is 19.0 Å². The molecule has 0 saturated carbocycles. The Morgan fingerprint density at radius 3 is 2.69 bits per heavy atom. The van der Waals surface area contributed by atoms with E-state index < -0.39 is 5.82 Å². The third-order valence-corrected chi connectivity index (χ3v) is 4.91. The predicted octanol–water partition coefficient (Wildman–Crippen LogP) is 4.36. The number of fused-ring (bicyclic) bond motifs is 1. The Kier molecular flexibility index (Phi) is 7.08. The summed E-state index contributed by atoms with van der Waals surface area (Å²) < 4.78 is 27.1. The molecule has 0 atom stereocenters. The van der Waals surface area contributed by atoms with Crippen molar-refractivity contribution in [1.82, 2.24) is 19.7 Å². The van der Waals surface area contributed by atoms with Crippen molar-refractivity contribution in [2.24, 2.45) is 0 Å². The molecule has 7 nitrogen and oxygen atoms in total. The first-order valence-electron chi connectivity index (χ1n) is 9.85. The highest BCUT2D eigenvalue weighted by Gasteiger charge is 2.18. The van der Waals surface area contributed by atoms with Gasteiger partial charge in [0.25, 0.3) is 0 Å². The van der Waals surface area contributed by atoms with Gasteiger partial charge in [-0.05, 0) is 17.7 Å². The minimum Gasteiger partial charge on any atom is -0.487 e. The molecule has 4 rings (SSSR count). The van der Waals surface area contributed by atoms with Gasteiger partial charge in [0, 0.05) is 11.4 Å². The standard InChI is InChI=1S/C23H20BrFN4O3/c24-10-4-5-11-31-20-12-17(25)8-9-19(20)29-22-18(13-26-29)23(28-21(14-30)27-22)32-15-16-6-2-1-3-7-16/h1-9,12-13,30H,10-11,14-15H2/b5-4+. The molecule has 0 spiro atoms. The van der Waals surface area contributed by atoms with E-state index in [9.17, 15) is 9.50 Å². The Balaban J connectivity index is 1.72. The Hall–Kier alpha value is -3.30. The summed E-state index contributed by atoms with van der Waals surface area (Å²) in [6.07, 6.45) is 5.29. The van der Waals surface area contributed by atoms with Crippen LogP contribution in [0.15, 0.2) is 66.9 Å². The second-order valence-corrected chi connectivity index (χ2v) is 7.37. The lowest BCUT2D eigenvalue weighted by molar-refractivity contribution is 0.262. The Labute approximate surface area is 192 Å². The number of ether oxygens (including phenoxy) is 2. The smallest absolute Gasteiger partial charge is 0.228 e. The van der Waals surface area contributed by atoms with Crippen molar-refractivity contribution in [3.63, 3.8) is 0 Å². The summed E-state index contributed by atoms with van der Waals surface area (Å²) in [5.74, 6) is 0.374. The molecule has 32 heavy (non-hydrogen) atoms. The molecule has 2 heterocycles. The molecule has 164 valence electrons. The zero-order valence-corrected chi connectivity index (χ0v) is 18.6. The molecule has 0 amide bonds. The fraction of sp³-hybridized carbons (Fsp3) is 0.174. The molecule has 0 saturated heterocycles. The number of aromatic nitrogens is 4. The van der Waals surface area contributed by atoms with Crippen LogP contribution in [0.4, 0.5) is 4.39 Å². The van der Waals surface area contributed by atoms with Crippen molar-refractivity contribution in [3.05, 3.63) is 84.1 Å². The molecule has 0 radical (unpaired) electrons. The summed E-state index contributed by atoms with van der Waals surface area (Å²) in [6, 6.07) is 13.9. The van der Waals surface area contributed by atoms with Crippen molar-refractivity contribution in [2.75, 3.05) is 11.9 Å². The van der Waals surface area contributed by atoms with Crippen LogP contribution >= 0.6 is 15.9 Å².